The van der Waals surface area contributed by atoms with Crippen molar-refractivity contribution in [3.8, 4) is 11.5 Å². The second kappa shape index (κ2) is 7.03. The Labute approximate surface area is 167 Å². The van der Waals surface area contributed by atoms with Gasteiger partial charge in [-0.3, -0.25) is 0 Å². The smallest absolute Gasteiger partial charge is 0.324 e. The molecule has 0 aliphatic carbocycles. The molecule has 3 aromatic heterocycles. The van der Waals surface area contributed by atoms with Crippen molar-refractivity contribution in [1.82, 2.24) is 19.5 Å². The zero-order valence-corrected chi connectivity index (χ0v) is 17.6. The number of hydrogen-bond acceptors (Lipinski definition) is 4. The van der Waals surface area contributed by atoms with Crippen LogP contribution in [0.15, 0.2) is 27.7 Å². The van der Waals surface area contributed by atoms with E-state index in [1.165, 1.54) is 0 Å². The molecule has 3 aromatic rings. The number of hydrogen-bond donors (Lipinski definition) is 0. The van der Waals surface area contributed by atoms with Crippen molar-refractivity contribution in [2.24, 2.45) is 7.05 Å². The number of imidazole rings is 1. The van der Waals surface area contributed by atoms with Crippen molar-refractivity contribution in [2.45, 2.75) is 18.0 Å². The first kappa shape index (κ1) is 18.9. The number of nitrogens with zero attached hydrogens (tertiary/aromatic N) is 4. The van der Waals surface area contributed by atoms with Crippen LogP contribution in [-0.4, -0.2) is 25.3 Å². The number of alkyl halides is 3. The summed E-state index contributed by atoms with van der Waals surface area (Å²) in [4.78, 5) is 13.5. The number of thioether (sulfide) groups is 1. The van der Waals surface area contributed by atoms with Gasteiger partial charge in [-0.05, 0) is 62.5 Å². The van der Waals surface area contributed by atoms with Gasteiger partial charge >= 0.3 is 6.18 Å². The van der Waals surface area contributed by atoms with Gasteiger partial charge in [0.2, 0.25) is 0 Å². The molecular weight excluding hydrogens is 532 g/mol. The van der Waals surface area contributed by atoms with Gasteiger partial charge < -0.3 is 4.57 Å². The molecule has 0 aliphatic rings. The van der Waals surface area contributed by atoms with E-state index in [-0.39, 0.29) is 9.22 Å². The van der Waals surface area contributed by atoms with Gasteiger partial charge in [-0.25, -0.2) is 15.0 Å². The fourth-order valence-corrected chi connectivity index (χ4v) is 4.35. The van der Waals surface area contributed by atoms with Crippen molar-refractivity contribution in [3.05, 3.63) is 32.2 Å². The highest BCUT2D eigenvalue weighted by atomic mass is 127. The van der Waals surface area contributed by atoms with Crippen LogP contribution in [0, 0.1) is 3.70 Å². The van der Waals surface area contributed by atoms with Gasteiger partial charge in [-0.15, -0.1) is 11.8 Å². The van der Waals surface area contributed by atoms with Gasteiger partial charge in [-0.2, -0.15) is 13.2 Å². The molecule has 0 fully saturated rings. The van der Waals surface area contributed by atoms with Crippen LogP contribution >= 0.6 is 50.3 Å². The van der Waals surface area contributed by atoms with Gasteiger partial charge in [-0.1, -0.05) is 6.92 Å². The Bertz CT molecular complexity index is 958. The number of pyridine rings is 2. The van der Waals surface area contributed by atoms with Crippen molar-refractivity contribution >= 4 is 61.3 Å². The molecule has 0 aromatic carbocycles. The first-order valence-corrected chi connectivity index (χ1v) is 9.98. The molecule has 0 bridgehead atoms. The molecule has 0 amide bonds. The molecular formula is C15H11BrF3IN4S. The Balaban J connectivity index is 2.27. The number of aromatic nitrogens is 4. The largest absolute Gasteiger partial charge is 0.433 e. The van der Waals surface area contributed by atoms with Gasteiger partial charge in [0, 0.05) is 11.9 Å². The zero-order chi connectivity index (χ0) is 18.4. The van der Waals surface area contributed by atoms with Crippen LogP contribution in [0.1, 0.15) is 12.6 Å². The molecule has 0 saturated heterocycles. The van der Waals surface area contributed by atoms with E-state index in [9.17, 15) is 13.2 Å². The van der Waals surface area contributed by atoms with Gasteiger partial charge in [0.25, 0.3) is 0 Å². The maximum absolute atomic E-state index is 13.0. The van der Waals surface area contributed by atoms with Gasteiger partial charge in [0.15, 0.2) is 5.82 Å². The third-order valence-electron chi connectivity index (χ3n) is 3.44. The van der Waals surface area contributed by atoms with Crippen molar-refractivity contribution < 1.29 is 13.2 Å². The quantitative estimate of drug-likeness (QED) is 0.248. The second-order valence-electron chi connectivity index (χ2n) is 5.07. The minimum Gasteiger partial charge on any atom is -0.324 e. The monoisotopic (exact) mass is 542 g/mol. The molecule has 0 atom stereocenters. The van der Waals surface area contributed by atoms with E-state index in [2.05, 4.69) is 30.9 Å². The highest BCUT2D eigenvalue weighted by Crippen LogP contribution is 2.35. The standard InChI is InChI=1S/C15H11BrF3IN4S/c1-3-25-8-4-5-10(16)23-11(8)14-21-7-6-9(15(17,18)19)22-13(20)12(7)24(14)2/h4-6H,3H2,1-2H3. The summed E-state index contributed by atoms with van der Waals surface area (Å²) >= 11 is 6.75. The first-order chi connectivity index (χ1) is 11.7. The summed E-state index contributed by atoms with van der Waals surface area (Å²) in [5, 5.41) is 0. The third-order valence-corrected chi connectivity index (χ3v) is 5.56. The number of aryl methyl sites for hydroxylation is 1. The van der Waals surface area contributed by atoms with E-state index >= 15 is 0 Å². The van der Waals surface area contributed by atoms with Crippen LogP contribution in [0.5, 0.6) is 0 Å². The molecule has 0 radical (unpaired) electrons. The van der Waals surface area contributed by atoms with Crippen LogP contribution in [-0.2, 0) is 13.2 Å². The summed E-state index contributed by atoms with van der Waals surface area (Å²) in [5.41, 5.74) is 0.486. The SMILES string of the molecule is CCSc1ccc(Br)nc1-c1nc2cc(C(F)(F)F)nc(I)c2n1C. The molecule has 3 rings (SSSR count). The van der Waals surface area contributed by atoms with Crippen LogP contribution in [0.4, 0.5) is 13.2 Å². The highest BCUT2D eigenvalue weighted by Gasteiger charge is 2.34. The third kappa shape index (κ3) is 3.65. The Morgan fingerprint density at radius 1 is 1.24 bits per heavy atom. The average molecular weight is 543 g/mol. The zero-order valence-electron chi connectivity index (χ0n) is 13.0. The van der Waals surface area contributed by atoms with Crippen molar-refractivity contribution in [1.29, 1.82) is 0 Å². The molecule has 3 heterocycles. The lowest BCUT2D eigenvalue weighted by atomic mass is 10.3. The maximum atomic E-state index is 13.0. The number of halogens is 5. The summed E-state index contributed by atoms with van der Waals surface area (Å²) in [6.45, 7) is 2.02. The van der Waals surface area contributed by atoms with E-state index in [1.54, 1.807) is 23.4 Å². The molecule has 10 heteroatoms. The molecule has 25 heavy (non-hydrogen) atoms. The van der Waals surface area contributed by atoms with Crippen LogP contribution in [0.2, 0.25) is 0 Å². The Morgan fingerprint density at radius 2 is 1.96 bits per heavy atom. The second-order valence-corrected chi connectivity index (χ2v) is 8.21. The fourth-order valence-electron chi connectivity index (χ4n) is 2.40. The summed E-state index contributed by atoms with van der Waals surface area (Å²) in [6, 6.07) is 4.73. The topological polar surface area (TPSA) is 43.6 Å². The molecule has 0 N–H and O–H groups in total. The lowest BCUT2D eigenvalue weighted by molar-refractivity contribution is -0.141. The summed E-state index contributed by atoms with van der Waals surface area (Å²) in [5.74, 6) is 1.35. The van der Waals surface area contributed by atoms with Gasteiger partial charge in [0.1, 0.15) is 25.2 Å². The highest BCUT2D eigenvalue weighted by molar-refractivity contribution is 14.1. The number of fused-ring (bicyclic) bond motifs is 1. The molecule has 4 nitrogen and oxygen atoms in total. The summed E-state index contributed by atoms with van der Waals surface area (Å²) < 4.78 is 41.7. The molecule has 0 saturated carbocycles. The van der Waals surface area contributed by atoms with Crippen molar-refractivity contribution in [3.63, 3.8) is 0 Å². The van der Waals surface area contributed by atoms with E-state index in [1.807, 2.05) is 41.6 Å². The fraction of sp³-hybridized carbons (Fsp3) is 0.267. The summed E-state index contributed by atoms with van der Waals surface area (Å²) in [7, 11) is 1.75. The van der Waals surface area contributed by atoms with Gasteiger partial charge in [0.05, 0.1) is 5.52 Å². The van der Waals surface area contributed by atoms with Crippen molar-refractivity contribution in [2.75, 3.05) is 5.75 Å². The summed E-state index contributed by atoms with van der Waals surface area (Å²) in [6.07, 6.45) is -4.51. The molecule has 0 unspecified atom stereocenters. The predicted molar refractivity (Wildman–Crippen MR) is 104 cm³/mol. The predicted octanol–water partition coefficient (Wildman–Crippen LogP) is 5.53. The van der Waals surface area contributed by atoms with E-state index < -0.39 is 11.9 Å². The molecule has 132 valence electrons. The van der Waals surface area contributed by atoms with E-state index in [0.717, 1.165) is 16.7 Å². The lowest BCUT2D eigenvalue weighted by Crippen LogP contribution is -2.09. The maximum Gasteiger partial charge on any atom is 0.433 e. The molecule has 0 aliphatic heterocycles. The Hall–Kier alpha value is -0.880. The normalized spacial score (nSPS) is 12.1. The first-order valence-electron chi connectivity index (χ1n) is 7.12. The Morgan fingerprint density at radius 3 is 2.60 bits per heavy atom. The van der Waals surface area contributed by atoms with Crippen LogP contribution in [0.3, 0.4) is 0 Å². The van der Waals surface area contributed by atoms with Crippen LogP contribution in [0.25, 0.3) is 22.6 Å². The molecule has 0 spiro atoms. The number of rotatable bonds is 3. The average Bonchev–Trinajstić information content (AvgIpc) is 2.86. The lowest BCUT2D eigenvalue weighted by Gasteiger charge is -2.09. The minimum absolute atomic E-state index is 0.249. The Kier molecular flexibility index (Phi) is 5.31. The minimum atomic E-state index is -4.51. The van der Waals surface area contributed by atoms with E-state index in [4.69, 9.17) is 0 Å². The van der Waals surface area contributed by atoms with E-state index in [0.29, 0.717) is 21.6 Å². The van der Waals surface area contributed by atoms with Crippen LogP contribution < -0.4 is 0 Å².